The summed E-state index contributed by atoms with van der Waals surface area (Å²) in [7, 11) is 0. The van der Waals surface area contributed by atoms with Gasteiger partial charge in [0.2, 0.25) is 0 Å². The number of hydrogen-bond donors (Lipinski definition) is 1. The summed E-state index contributed by atoms with van der Waals surface area (Å²) in [6, 6.07) is 12.2. The summed E-state index contributed by atoms with van der Waals surface area (Å²) < 4.78 is 0. The number of benzene rings is 2. The highest BCUT2D eigenvalue weighted by Crippen LogP contribution is 2.13. The molecule has 0 bridgehead atoms. The molecule has 96 valence electrons. The first-order chi connectivity index (χ1) is 9.06. The summed E-state index contributed by atoms with van der Waals surface area (Å²) in [5.41, 5.74) is 1.03. The number of aromatic carboxylic acids is 1. The Morgan fingerprint density at radius 1 is 0.895 bits per heavy atom. The Kier molecular flexibility index (Phi) is 3.82. The molecule has 1 amide bonds. The molecule has 0 spiro atoms. The summed E-state index contributed by atoms with van der Waals surface area (Å²) in [6.07, 6.45) is 0. The Hall–Kier alpha value is -2.33. The zero-order valence-electron chi connectivity index (χ0n) is 9.72. The molecule has 0 aliphatic rings. The average molecular weight is 275 g/mol. The van der Waals surface area contributed by atoms with E-state index in [9.17, 15) is 14.7 Å². The highest BCUT2D eigenvalue weighted by Gasteiger charge is 2.05. The smallest absolute Gasteiger partial charge is 0.255 e. The van der Waals surface area contributed by atoms with Gasteiger partial charge in [0.1, 0.15) is 0 Å². The van der Waals surface area contributed by atoms with Crippen LogP contribution < -0.4 is 10.4 Å². The molecule has 0 unspecified atom stereocenters. The maximum Gasteiger partial charge on any atom is 0.255 e. The Bertz CT molecular complexity index is 606. The number of rotatable bonds is 3. The predicted molar refractivity (Wildman–Crippen MR) is 70.2 cm³/mol. The molecule has 0 atom stereocenters. The van der Waals surface area contributed by atoms with Crippen LogP contribution in [0.5, 0.6) is 0 Å². The van der Waals surface area contributed by atoms with Crippen molar-refractivity contribution in [3.63, 3.8) is 0 Å². The second kappa shape index (κ2) is 5.54. The predicted octanol–water partition coefficient (Wildman–Crippen LogP) is 1.96. The van der Waals surface area contributed by atoms with E-state index in [0.717, 1.165) is 0 Å². The minimum absolute atomic E-state index is 0.0597. The van der Waals surface area contributed by atoms with Crippen molar-refractivity contribution in [2.75, 3.05) is 5.32 Å². The molecule has 0 aliphatic heterocycles. The Morgan fingerprint density at radius 3 is 1.95 bits per heavy atom. The van der Waals surface area contributed by atoms with Gasteiger partial charge in [-0.25, -0.2) is 0 Å². The standard InChI is InChI=1S/C14H10ClNO3/c15-11-5-1-9(2-6-11)13(17)16-12-7-3-10(4-8-12)14(18)19/h1-8H,(H,16,17)(H,18,19)/p-1. The van der Waals surface area contributed by atoms with Gasteiger partial charge in [0, 0.05) is 16.3 Å². The van der Waals surface area contributed by atoms with Gasteiger partial charge in [-0.05, 0) is 42.0 Å². The summed E-state index contributed by atoms with van der Waals surface area (Å²) in [4.78, 5) is 22.4. The van der Waals surface area contributed by atoms with E-state index in [1.54, 1.807) is 24.3 Å². The quantitative estimate of drug-likeness (QED) is 0.930. The van der Waals surface area contributed by atoms with E-state index < -0.39 is 5.97 Å². The fourth-order valence-electron chi connectivity index (χ4n) is 1.49. The van der Waals surface area contributed by atoms with Crippen molar-refractivity contribution in [3.05, 3.63) is 64.7 Å². The van der Waals surface area contributed by atoms with Gasteiger partial charge >= 0.3 is 0 Å². The van der Waals surface area contributed by atoms with Crippen molar-refractivity contribution in [2.45, 2.75) is 0 Å². The van der Waals surface area contributed by atoms with Gasteiger partial charge in [-0.2, -0.15) is 0 Å². The molecule has 5 heteroatoms. The number of carbonyl (C=O) groups excluding carboxylic acids is 2. The first-order valence-corrected chi connectivity index (χ1v) is 5.82. The first-order valence-electron chi connectivity index (χ1n) is 5.44. The van der Waals surface area contributed by atoms with Crippen LogP contribution >= 0.6 is 11.6 Å². The lowest BCUT2D eigenvalue weighted by Crippen LogP contribution is -2.22. The van der Waals surface area contributed by atoms with Crippen LogP contribution in [0.3, 0.4) is 0 Å². The van der Waals surface area contributed by atoms with Gasteiger partial charge in [0.25, 0.3) is 5.91 Å². The Balaban J connectivity index is 2.10. The molecule has 0 saturated carbocycles. The molecule has 19 heavy (non-hydrogen) atoms. The largest absolute Gasteiger partial charge is 0.545 e. The van der Waals surface area contributed by atoms with E-state index in [1.807, 2.05) is 0 Å². The van der Waals surface area contributed by atoms with Gasteiger partial charge in [0.15, 0.2) is 0 Å². The molecule has 2 rings (SSSR count). The zero-order valence-corrected chi connectivity index (χ0v) is 10.5. The fraction of sp³-hybridized carbons (Fsp3) is 0. The minimum atomic E-state index is -1.25. The number of nitrogens with one attached hydrogen (secondary N) is 1. The second-order valence-electron chi connectivity index (χ2n) is 3.83. The van der Waals surface area contributed by atoms with Crippen LogP contribution in [-0.4, -0.2) is 11.9 Å². The fourth-order valence-corrected chi connectivity index (χ4v) is 1.62. The maximum absolute atomic E-state index is 11.9. The lowest BCUT2D eigenvalue weighted by atomic mass is 10.2. The molecule has 0 aliphatic carbocycles. The van der Waals surface area contributed by atoms with Crippen LogP contribution in [0.2, 0.25) is 5.02 Å². The summed E-state index contributed by atoms with van der Waals surface area (Å²) in [5, 5.41) is 13.8. The van der Waals surface area contributed by atoms with Crippen LogP contribution in [0.25, 0.3) is 0 Å². The van der Waals surface area contributed by atoms with E-state index in [4.69, 9.17) is 11.6 Å². The number of hydrogen-bond acceptors (Lipinski definition) is 3. The topological polar surface area (TPSA) is 69.2 Å². The molecular formula is C14H9ClNO3-. The molecule has 0 radical (unpaired) electrons. The van der Waals surface area contributed by atoms with Crippen molar-refractivity contribution in [3.8, 4) is 0 Å². The van der Waals surface area contributed by atoms with Crippen LogP contribution in [-0.2, 0) is 0 Å². The number of carboxylic acids is 1. The minimum Gasteiger partial charge on any atom is -0.545 e. The van der Waals surface area contributed by atoms with Crippen LogP contribution in [0, 0.1) is 0 Å². The highest BCUT2D eigenvalue weighted by atomic mass is 35.5. The summed E-state index contributed by atoms with van der Waals surface area (Å²) in [5.74, 6) is -1.55. The summed E-state index contributed by atoms with van der Waals surface area (Å²) >= 11 is 5.73. The van der Waals surface area contributed by atoms with Crippen molar-refractivity contribution in [1.29, 1.82) is 0 Å². The maximum atomic E-state index is 11.9. The lowest BCUT2D eigenvalue weighted by molar-refractivity contribution is -0.255. The molecule has 0 heterocycles. The molecule has 2 aromatic rings. The third-order valence-corrected chi connectivity index (χ3v) is 2.74. The van der Waals surface area contributed by atoms with Gasteiger partial charge in [-0.15, -0.1) is 0 Å². The van der Waals surface area contributed by atoms with Crippen molar-refractivity contribution in [2.24, 2.45) is 0 Å². The van der Waals surface area contributed by atoms with E-state index in [0.29, 0.717) is 16.3 Å². The molecule has 0 saturated heterocycles. The van der Waals surface area contributed by atoms with Crippen LogP contribution in [0.4, 0.5) is 5.69 Å². The van der Waals surface area contributed by atoms with E-state index in [1.165, 1.54) is 24.3 Å². The molecule has 0 aromatic heterocycles. The summed E-state index contributed by atoms with van der Waals surface area (Å²) in [6.45, 7) is 0. The van der Waals surface area contributed by atoms with E-state index >= 15 is 0 Å². The van der Waals surface area contributed by atoms with Crippen LogP contribution in [0.15, 0.2) is 48.5 Å². The number of carboxylic acid groups (broad SMARTS) is 1. The zero-order chi connectivity index (χ0) is 13.8. The normalized spacial score (nSPS) is 9.95. The van der Waals surface area contributed by atoms with Crippen LogP contribution in [0.1, 0.15) is 20.7 Å². The van der Waals surface area contributed by atoms with Crippen molar-refractivity contribution < 1.29 is 14.7 Å². The van der Waals surface area contributed by atoms with E-state index in [2.05, 4.69) is 5.32 Å². The third-order valence-electron chi connectivity index (χ3n) is 2.48. The number of amides is 1. The number of anilines is 1. The van der Waals surface area contributed by atoms with Gasteiger partial charge in [0.05, 0.1) is 5.97 Å². The highest BCUT2D eigenvalue weighted by molar-refractivity contribution is 6.30. The lowest BCUT2D eigenvalue weighted by Gasteiger charge is -2.07. The third kappa shape index (κ3) is 3.33. The van der Waals surface area contributed by atoms with Gasteiger partial charge in [-0.3, -0.25) is 4.79 Å². The average Bonchev–Trinajstić information content (AvgIpc) is 2.40. The van der Waals surface area contributed by atoms with E-state index in [-0.39, 0.29) is 11.5 Å². The first kappa shape index (κ1) is 13.1. The van der Waals surface area contributed by atoms with Gasteiger partial charge < -0.3 is 15.2 Å². The van der Waals surface area contributed by atoms with Crippen molar-refractivity contribution >= 4 is 29.2 Å². The Morgan fingerprint density at radius 2 is 1.42 bits per heavy atom. The van der Waals surface area contributed by atoms with Gasteiger partial charge in [-0.1, -0.05) is 23.7 Å². The molecular weight excluding hydrogens is 266 g/mol. The monoisotopic (exact) mass is 274 g/mol. The molecule has 1 N–H and O–H groups in total. The number of halogens is 1. The Labute approximate surface area is 114 Å². The molecule has 2 aromatic carbocycles. The molecule has 0 fully saturated rings. The number of carbonyl (C=O) groups is 2. The van der Waals surface area contributed by atoms with Crippen molar-refractivity contribution in [1.82, 2.24) is 0 Å². The molecule has 4 nitrogen and oxygen atoms in total. The SMILES string of the molecule is O=C([O-])c1ccc(NC(=O)c2ccc(Cl)cc2)cc1. The second-order valence-corrected chi connectivity index (χ2v) is 4.26.